The molecule has 2 aromatic rings. The molecule has 0 bridgehead atoms. The van der Waals surface area contributed by atoms with Crippen molar-refractivity contribution in [3.8, 4) is 5.75 Å². The third kappa shape index (κ3) is 3.24. The van der Waals surface area contributed by atoms with E-state index in [2.05, 4.69) is 28.4 Å². The monoisotopic (exact) mass is 260 g/mol. The number of aromatic nitrogens is 3. The molecule has 5 heteroatoms. The van der Waals surface area contributed by atoms with Crippen LogP contribution in [0.25, 0.3) is 0 Å². The molecule has 2 rings (SSSR count). The summed E-state index contributed by atoms with van der Waals surface area (Å²) in [5, 5.41) is 7.57. The van der Waals surface area contributed by atoms with Crippen molar-refractivity contribution in [3.05, 3.63) is 35.9 Å². The third-order valence-electron chi connectivity index (χ3n) is 2.98. The highest BCUT2D eigenvalue weighted by atomic mass is 16.5. The van der Waals surface area contributed by atoms with Gasteiger partial charge in [0.05, 0.1) is 13.7 Å². The van der Waals surface area contributed by atoms with Crippen molar-refractivity contribution in [1.82, 2.24) is 14.8 Å². The lowest BCUT2D eigenvalue weighted by Gasteiger charge is -2.10. The van der Waals surface area contributed by atoms with E-state index < -0.39 is 0 Å². The second-order valence-electron chi connectivity index (χ2n) is 4.44. The first kappa shape index (κ1) is 13.4. The topological polar surface area (TPSA) is 52.0 Å². The van der Waals surface area contributed by atoms with E-state index >= 15 is 0 Å². The van der Waals surface area contributed by atoms with E-state index in [1.54, 1.807) is 13.4 Å². The predicted octanol–water partition coefficient (Wildman–Crippen LogP) is 2.62. The molecule has 0 saturated carbocycles. The van der Waals surface area contributed by atoms with Crippen LogP contribution in [0.2, 0.25) is 0 Å². The van der Waals surface area contributed by atoms with Crippen LogP contribution in [0, 0.1) is 6.92 Å². The van der Waals surface area contributed by atoms with Gasteiger partial charge in [-0.15, -0.1) is 0 Å². The average Bonchev–Trinajstić information content (AvgIpc) is 2.84. The minimum Gasteiger partial charge on any atom is -0.496 e. The van der Waals surface area contributed by atoms with Crippen molar-refractivity contribution in [1.29, 1.82) is 0 Å². The zero-order valence-electron chi connectivity index (χ0n) is 11.7. The van der Waals surface area contributed by atoms with Crippen molar-refractivity contribution in [2.75, 3.05) is 12.4 Å². The third-order valence-corrected chi connectivity index (χ3v) is 2.98. The summed E-state index contributed by atoms with van der Waals surface area (Å²) in [6, 6.07) is 6.04. The Morgan fingerprint density at radius 3 is 2.89 bits per heavy atom. The second-order valence-corrected chi connectivity index (χ2v) is 4.44. The number of nitrogens with zero attached hydrogens (tertiary/aromatic N) is 3. The second kappa shape index (κ2) is 6.22. The van der Waals surface area contributed by atoms with Crippen molar-refractivity contribution in [2.45, 2.75) is 33.4 Å². The lowest BCUT2D eigenvalue weighted by atomic mass is 10.2. The smallest absolute Gasteiger partial charge is 0.146 e. The molecule has 1 aromatic carbocycles. The van der Waals surface area contributed by atoms with E-state index in [1.807, 2.05) is 23.7 Å². The van der Waals surface area contributed by atoms with Gasteiger partial charge in [-0.05, 0) is 37.1 Å². The Morgan fingerprint density at radius 1 is 1.37 bits per heavy atom. The fraction of sp³-hybridized carbons (Fsp3) is 0.429. The average molecular weight is 260 g/mol. The molecule has 1 N–H and O–H groups in total. The fourth-order valence-corrected chi connectivity index (χ4v) is 1.99. The first-order valence-corrected chi connectivity index (χ1v) is 6.49. The first-order chi connectivity index (χ1) is 9.24. The zero-order chi connectivity index (χ0) is 13.7. The van der Waals surface area contributed by atoms with Gasteiger partial charge in [0.1, 0.15) is 17.9 Å². The molecule has 0 amide bonds. The van der Waals surface area contributed by atoms with Crippen LogP contribution in [-0.2, 0) is 13.1 Å². The number of ether oxygens (including phenoxy) is 1. The standard InChI is InChI=1S/C14H20N4O/c1-4-7-18-14(16-10-17-18)9-15-12-5-6-13(19-3)11(2)8-12/h5-6,8,10,15H,4,7,9H2,1-3H3. The molecule has 0 fully saturated rings. The van der Waals surface area contributed by atoms with E-state index in [-0.39, 0.29) is 0 Å². The SMILES string of the molecule is CCCn1ncnc1CNc1ccc(OC)c(C)c1. The summed E-state index contributed by atoms with van der Waals surface area (Å²) in [4.78, 5) is 4.27. The van der Waals surface area contributed by atoms with Crippen molar-refractivity contribution in [3.63, 3.8) is 0 Å². The molecule has 1 aromatic heterocycles. The maximum absolute atomic E-state index is 5.25. The van der Waals surface area contributed by atoms with Crippen LogP contribution in [0.15, 0.2) is 24.5 Å². The van der Waals surface area contributed by atoms with Gasteiger partial charge in [0.15, 0.2) is 0 Å². The Morgan fingerprint density at radius 2 is 2.21 bits per heavy atom. The van der Waals surface area contributed by atoms with E-state index in [0.717, 1.165) is 35.8 Å². The Labute approximate surface area is 113 Å². The number of hydrogen-bond acceptors (Lipinski definition) is 4. The molecule has 0 unspecified atom stereocenters. The quantitative estimate of drug-likeness (QED) is 0.867. The summed E-state index contributed by atoms with van der Waals surface area (Å²) in [6.45, 7) is 5.74. The number of hydrogen-bond donors (Lipinski definition) is 1. The first-order valence-electron chi connectivity index (χ1n) is 6.49. The molecule has 0 saturated heterocycles. The number of aryl methyl sites for hydroxylation is 2. The maximum atomic E-state index is 5.25. The highest BCUT2D eigenvalue weighted by Crippen LogP contribution is 2.21. The Bertz CT molecular complexity index is 536. The van der Waals surface area contributed by atoms with E-state index in [4.69, 9.17) is 4.74 Å². The zero-order valence-corrected chi connectivity index (χ0v) is 11.7. The van der Waals surface area contributed by atoms with Crippen LogP contribution in [0.4, 0.5) is 5.69 Å². The number of rotatable bonds is 6. The van der Waals surface area contributed by atoms with Gasteiger partial charge in [0.25, 0.3) is 0 Å². The van der Waals surface area contributed by atoms with Gasteiger partial charge in [-0.2, -0.15) is 5.10 Å². The van der Waals surface area contributed by atoms with Gasteiger partial charge in [0, 0.05) is 12.2 Å². The predicted molar refractivity (Wildman–Crippen MR) is 75.4 cm³/mol. The molecular formula is C14H20N4O. The highest BCUT2D eigenvalue weighted by Gasteiger charge is 2.04. The largest absolute Gasteiger partial charge is 0.496 e. The number of methoxy groups -OCH3 is 1. The van der Waals surface area contributed by atoms with E-state index in [9.17, 15) is 0 Å². The molecule has 0 aliphatic rings. The van der Waals surface area contributed by atoms with Gasteiger partial charge in [0.2, 0.25) is 0 Å². The Balaban J connectivity index is 2.02. The summed E-state index contributed by atoms with van der Waals surface area (Å²) in [6.07, 6.45) is 2.66. The summed E-state index contributed by atoms with van der Waals surface area (Å²) >= 11 is 0. The minimum absolute atomic E-state index is 0.672. The summed E-state index contributed by atoms with van der Waals surface area (Å²) in [5.41, 5.74) is 2.17. The fourth-order valence-electron chi connectivity index (χ4n) is 1.99. The van der Waals surface area contributed by atoms with Gasteiger partial charge >= 0.3 is 0 Å². The van der Waals surface area contributed by atoms with E-state index in [1.165, 1.54) is 0 Å². The molecule has 19 heavy (non-hydrogen) atoms. The molecule has 0 spiro atoms. The normalized spacial score (nSPS) is 10.5. The van der Waals surface area contributed by atoms with Gasteiger partial charge in [-0.3, -0.25) is 0 Å². The molecular weight excluding hydrogens is 240 g/mol. The summed E-state index contributed by atoms with van der Waals surface area (Å²) in [5.74, 6) is 1.86. The van der Waals surface area contributed by atoms with Crippen molar-refractivity contribution in [2.24, 2.45) is 0 Å². The van der Waals surface area contributed by atoms with E-state index in [0.29, 0.717) is 6.54 Å². The van der Waals surface area contributed by atoms with Gasteiger partial charge in [-0.1, -0.05) is 6.92 Å². The van der Waals surface area contributed by atoms with Crippen molar-refractivity contribution < 1.29 is 4.74 Å². The van der Waals surface area contributed by atoms with Crippen LogP contribution in [0.1, 0.15) is 24.7 Å². The Hall–Kier alpha value is -2.04. The summed E-state index contributed by atoms with van der Waals surface area (Å²) in [7, 11) is 1.68. The van der Waals surface area contributed by atoms with Gasteiger partial charge in [-0.25, -0.2) is 9.67 Å². The minimum atomic E-state index is 0.672. The highest BCUT2D eigenvalue weighted by molar-refractivity contribution is 5.50. The lowest BCUT2D eigenvalue weighted by Crippen LogP contribution is -2.10. The Kier molecular flexibility index (Phi) is 4.39. The number of nitrogens with one attached hydrogen (secondary N) is 1. The van der Waals surface area contributed by atoms with Crippen LogP contribution in [-0.4, -0.2) is 21.9 Å². The van der Waals surface area contributed by atoms with Crippen LogP contribution in [0.5, 0.6) is 5.75 Å². The molecule has 0 aliphatic heterocycles. The summed E-state index contributed by atoms with van der Waals surface area (Å²) < 4.78 is 7.18. The molecule has 1 heterocycles. The molecule has 0 atom stereocenters. The van der Waals surface area contributed by atoms with Crippen LogP contribution < -0.4 is 10.1 Å². The van der Waals surface area contributed by atoms with Crippen LogP contribution >= 0.6 is 0 Å². The molecule has 0 aliphatic carbocycles. The molecule has 5 nitrogen and oxygen atoms in total. The van der Waals surface area contributed by atoms with Crippen LogP contribution in [0.3, 0.4) is 0 Å². The number of anilines is 1. The van der Waals surface area contributed by atoms with Gasteiger partial charge < -0.3 is 10.1 Å². The molecule has 102 valence electrons. The molecule has 0 radical (unpaired) electrons. The number of benzene rings is 1. The maximum Gasteiger partial charge on any atom is 0.146 e. The lowest BCUT2D eigenvalue weighted by molar-refractivity contribution is 0.412. The van der Waals surface area contributed by atoms with Crippen molar-refractivity contribution >= 4 is 5.69 Å².